The largest absolute Gasteiger partial charge is 0.298 e. The van der Waals surface area contributed by atoms with Gasteiger partial charge in [0.05, 0.1) is 0 Å². The van der Waals surface area contributed by atoms with E-state index in [2.05, 4.69) is 0 Å². The molecule has 1 nitrogen and oxygen atoms in total. The maximum Gasteiger partial charge on any atom is 0.146 e. The zero-order valence-corrected chi connectivity index (χ0v) is 9.25. The molecule has 0 unspecified atom stereocenters. The molecule has 0 N–H and O–H groups in total. The van der Waals surface area contributed by atoms with Gasteiger partial charge in [0.25, 0.3) is 0 Å². The van der Waals surface area contributed by atoms with E-state index in [1.807, 2.05) is 20.8 Å². The van der Waals surface area contributed by atoms with Crippen molar-refractivity contribution in [2.24, 2.45) is 5.41 Å². The molecule has 0 amide bonds. The highest BCUT2D eigenvalue weighted by molar-refractivity contribution is 5.83. The van der Waals surface area contributed by atoms with Gasteiger partial charge in [-0.3, -0.25) is 4.79 Å². The zero-order valence-electron chi connectivity index (χ0n) is 9.25. The van der Waals surface area contributed by atoms with Gasteiger partial charge in [0.1, 0.15) is 12.1 Å². The van der Waals surface area contributed by atoms with Gasteiger partial charge in [-0.2, -0.15) is 0 Å². The predicted octanol–water partition coefficient (Wildman–Crippen LogP) is 3.45. The molecule has 1 rings (SSSR count). The summed E-state index contributed by atoms with van der Waals surface area (Å²) in [5.41, 5.74) is 0.784. The van der Waals surface area contributed by atoms with Crippen LogP contribution in [0.2, 0.25) is 0 Å². The number of hydrogen-bond acceptors (Lipinski definition) is 1. The van der Waals surface area contributed by atoms with E-state index in [9.17, 15) is 9.18 Å². The minimum atomic E-state index is -0.305. The molecule has 80 valence electrons. The van der Waals surface area contributed by atoms with Crippen molar-refractivity contribution in [1.82, 2.24) is 0 Å². The van der Waals surface area contributed by atoms with E-state index in [4.69, 9.17) is 0 Å². The molecular formula is C13H15FO. The lowest BCUT2D eigenvalue weighted by Crippen LogP contribution is -2.10. The van der Waals surface area contributed by atoms with E-state index in [0.29, 0.717) is 11.1 Å². The number of hydrogen-bond donors (Lipinski definition) is 0. The van der Waals surface area contributed by atoms with Crippen molar-refractivity contribution in [2.45, 2.75) is 20.8 Å². The van der Waals surface area contributed by atoms with Crippen LogP contribution in [0.5, 0.6) is 0 Å². The summed E-state index contributed by atoms with van der Waals surface area (Å²) in [5, 5.41) is 0. The molecule has 0 saturated heterocycles. The van der Waals surface area contributed by atoms with Crippen LogP contribution in [0.15, 0.2) is 29.8 Å². The number of carbonyl (C=O) groups excluding carboxylic acids is 1. The first kappa shape index (κ1) is 11.6. The van der Waals surface area contributed by atoms with Crippen molar-refractivity contribution in [3.8, 4) is 0 Å². The van der Waals surface area contributed by atoms with Gasteiger partial charge >= 0.3 is 0 Å². The topological polar surface area (TPSA) is 17.1 Å². The van der Waals surface area contributed by atoms with Crippen molar-refractivity contribution < 1.29 is 9.18 Å². The fourth-order valence-corrected chi connectivity index (χ4v) is 1.19. The molecule has 15 heavy (non-hydrogen) atoms. The van der Waals surface area contributed by atoms with Gasteiger partial charge in [0.15, 0.2) is 0 Å². The van der Waals surface area contributed by atoms with Crippen molar-refractivity contribution in [1.29, 1.82) is 0 Å². The Balaban J connectivity index is 3.15. The monoisotopic (exact) mass is 206 g/mol. The van der Waals surface area contributed by atoms with E-state index in [0.717, 1.165) is 6.29 Å². The summed E-state index contributed by atoms with van der Waals surface area (Å²) in [6, 6.07) is 6.42. The number of aldehydes is 1. The van der Waals surface area contributed by atoms with Gasteiger partial charge in [-0.15, -0.1) is 0 Å². The van der Waals surface area contributed by atoms with Gasteiger partial charge in [0, 0.05) is 5.56 Å². The third-order valence-electron chi connectivity index (χ3n) is 2.21. The van der Waals surface area contributed by atoms with Crippen molar-refractivity contribution in [3.63, 3.8) is 0 Å². The fraction of sp³-hybridized carbons (Fsp3) is 0.308. The first-order valence-electron chi connectivity index (χ1n) is 4.87. The summed E-state index contributed by atoms with van der Waals surface area (Å²) in [6.07, 6.45) is 2.38. The highest BCUT2D eigenvalue weighted by atomic mass is 19.1. The predicted molar refractivity (Wildman–Crippen MR) is 59.9 cm³/mol. The summed E-state index contributed by atoms with van der Waals surface area (Å²) in [4.78, 5) is 10.9. The molecule has 1 aromatic carbocycles. The van der Waals surface area contributed by atoms with E-state index < -0.39 is 0 Å². The molecule has 0 heterocycles. The SMILES string of the molecule is CC(C)(C)/C(C=O)=C/c1ccccc1F. The molecule has 0 aromatic heterocycles. The third kappa shape index (κ3) is 3.01. The lowest BCUT2D eigenvalue weighted by Gasteiger charge is -2.18. The van der Waals surface area contributed by atoms with Crippen molar-refractivity contribution in [2.75, 3.05) is 0 Å². The molecule has 0 saturated carbocycles. The Morgan fingerprint density at radius 1 is 1.27 bits per heavy atom. The second-order valence-electron chi connectivity index (χ2n) is 4.49. The Bertz CT molecular complexity index is 386. The van der Waals surface area contributed by atoms with Crippen molar-refractivity contribution in [3.05, 3.63) is 41.2 Å². The van der Waals surface area contributed by atoms with Crippen LogP contribution in [0.3, 0.4) is 0 Å². The average Bonchev–Trinajstić information content (AvgIpc) is 2.14. The third-order valence-corrected chi connectivity index (χ3v) is 2.21. The lowest BCUT2D eigenvalue weighted by atomic mass is 9.86. The summed E-state index contributed by atoms with van der Waals surface area (Å²) in [7, 11) is 0. The number of benzene rings is 1. The normalized spacial score (nSPS) is 12.7. The van der Waals surface area contributed by atoms with Crippen molar-refractivity contribution >= 4 is 12.4 Å². The Morgan fingerprint density at radius 3 is 2.33 bits per heavy atom. The molecule has 0 radical (unpaired) electrons. The minimum absolute atomic E-state index is 0.260. The van der Waals surface area contributed by atoms with Gasteiger partial charge in [-0.05, 0) is 23.1 Å². The number of rotatable bonds is 2. The molecule has 0 bridgehead atoms. The maximum atomic E-state index is 13.3. The van der Waals surface area contributed by atoms with Crippen LogP contribution in [0.1, 0.15) is 26.3 Å². The summed E-state index contributed by atoms with van der Waals surface area (Å²) >= 11 is 0. The lowest BCUT2D eigenvalue weighted by molar-refractivity contribution is -0.105. The van der Waals surface area contributed by atoms with Crippen LogP contribution >= 0.6 is 0 Å². The van der Waals surface area contributed by atoms with Gasteiger partial charge in [-0.1, -0.05) is 39.0 Å². The molecule has 1 aromatic rings. The van der Waals surface area contributed by atoms with Gasteiger partial charge in [-0.25, -0.2) is 4.39 Å². The van der Waals surface area contributed by atoms with Crippen LogP contribution in [0.25, 0.3) is 6.08 Å². The molecule has 0 aliphatic carbocycles. The fourth-order valence-electron chi connectivity index (χ4n) is 1.19. The molecule has 0 spiro atoms. The van der Waals surface area contributed by atoms with E-state index in [1.165, 1.54) is 6.07 Å². The second-order valence-corrected chi connectivity index (χ2v) is 4.49. The highest BCUT2D eigenvalue weighted by Gasteiger charge is 2.16. The number of allylic oxidation sites excluding steroid dienone is 1. The highest BCUT2D eigenvalue weighted by Crippen LogP contribution is 2.25. The second kappa shape index (κ2) is 4.39. The first-order chi connectivity index (χ1) is 6.95. The molecule has 0 fully saturated rings. The summed E-state index contributed by atoms with van der Waals surface area (Å²) < 4.78 is 13.3. The van der Waals surface area contributed by atoms with Crippen LogP contribution < -0.4 is 0 Å². The first-order valence-corrected chi connectivity index (χ1v) is 4.87. The molecule has 0 atom stereocenters. The van der Waals surface area contributed by atoms with Crippen LogP contribution in [-0.4, -0.2) is 6.29 Å². The molecular weight excluding hydrogens is 191 g/mol. The number of carbonyl (C=O) groups is 1. The Kier molecular flexibility index (Phi) is 3.40. The minimum Gasteiger partial charge on any atom is -0.298 e. The van der Waals surface area contributed by atoms with Gasteiger partial charge in [0.2, 0.25) is 0 Å². The van der Waals surface area contributed by atoms with Crippen LogP contribution in [-0.2, 0) is 4.79 Å². The maximum absolute atomic E-state index is 13.3. The Hall–Kier alpha value is -1.44. The average molecular weight is 206 g/mol. The molecule has 0 aliphatic heterocycles. The van der Waals surface area contributed by atoms with E-state index in [-0.39, 0.29) is 11.2 Å². The zero-order chi connectivity index (χ0) is 11.5. The van der Waals surface area contributed by atoms with E-state index in [1.54, 1.807) is 24.3 Å². The quantitative estimate of drug-likeness (QED) is 0.535. The molecule has 2 heteroatoms. The smallest absolute Gasteiger partial charge is 0.146 e. The standard InChI is InChI=1S/C13H15FO/c1-13(2,3)11(9-15)8-10-6-4-5-7-12(10)14/h4-9H,1-3H3/b11-8+. The van der Waals surface area contributed by atoms with E-state index >= 15 is 0 Å². The molecule has 0 aliphatic rings. The number of halogens is 1. The van der Waals surface area contributed by atoms with Crippen LogP contribution in [0.4, 0.5) is 4.39 Å². The summed E-state index contributed by atoms with van der Waals surface area (Å²) in [6.45, 7) is 5.77. The van der Waals surface area contributed by atoms with Gasteiger partial charge < -0.3 is 0 Å². The Labute approximate surface area is 89.6 Å². The Morgan fingerprint density at radius 2 is 1.87 bits per heavy atom. The summed E-state index contributed by atoms with van der Waals surface area (Å²) in [5.74, 6) is -0.305. The van der Waals surface area contributed by atoms with Crippen LogP contribution in [0, 0.1) is 11.2 Å².